The van der Waals surface area contributed by atoms with Crippen LogP contribution in [-0.4, -0.2) is 33.0 Å². The van der Waals surface area contributed by atoms with E-state index in [1.807, 2.05) is 0 Å². The third-order valence-electron chi connectivity index (χ3n) is 0.156. The summed E-state index contributed by atoms with van der Waals surface area (Å²) in [5.41, 5.74) is 0. The molecule has 9 heteroatoms. The van der Waals surface area contributed by atoms with Crippen molar-refractivity contribution in [1.82, 2.24) is 0 Å². The van der Waals surface area contributed by atoms with Gasteiger partial charge in [0, 0.05) is 0 Å². The number of hydrogen-bond acceptors (Lipinski definition) is 6. The van der Waals surface area contributed by atoms with Gasteiger partial charge in [-0.15, -0.1) is 0 Å². The van der Waals surface area contributed by atoms with Crippen molar-refractivity contribution in [2.45, 2.75) is 0 Å². The molecule has 0 aromatic heterocycles. The fraction of sp³-hybridized carbons (Fsp3) is 0. The Hall–Kier alpha value is -0.540. The molecule has 0 unspecified atom stereocenters. The maximum absolute atomic E-state index is 8.90. The van der Waals surface area contributed by atoms with Gasteiger partial charge >= 0.3 is 41.9 Å². The molecule has 11 heavy (non-hydrogen) atoms. The summed E-state index contributed by atoms with van der Waals surface area (Å²) < 4.78 is 0. The molecule has 4 N–H and O–H groups in total. The number of hydrogen-bond donors (Lipinski definition) is 4. The minimum absolute atomic E-state index is 0. The van der Waals surface area contributed by atoms with Gasteiger partial charge in [-0.2, -0.15) is 10.5 Å². The molecule has 0 aliphatic heterocycles. The van der Waals surface area contributed by atoms with Gasteiger partial charge in [0.15, 0.2) is 0 Å². The molecule has 0 aliphatic rings. The van der Waals surface area contributed by atoms with E-state index in [1.165, 1.54) is 0 Å². The van der Waals surface area contributed by atoms with E-state index >= 15 is 0 Å². The number of carboxylic acid groups (broad SMARTS) is 2. The van der Waals surface area contributed by atoms with Crippen LogP contribution < -0.4 is 29.6 Å². The van der Waals surface area contributed by atoms with E-state index in [2.05, 4.69) is 9.78 Å². The van der Waals surface area contributed by atoms with Gasteiger partial charge in [-0.1, -0.05) is 0 Å². The second-order valence-corrected chi connectivity index (χ2v) is 0.714. The summed E-state index contributed by atoms with van der Waals surface area (Å²) in [5.74, 6) is 0. The molecule has 62 valence electrons. The molecule has 0 amide bonds. The maximum Gasteiger partial charge on any atom is 1.00 e. The van der Waals surface area contributed by atoms with Crippen LogP contribution in [0.1, 0.15) is 1.43 Å². The molecule has 0 aromatic carbocycles. The molecule has 0 saturated carbocycles. The summed E-state index contributed by atoms with van der Waals surface area (Å²) in [5, 5.41) is 28.6. The number of carbonyl (C=O) groups is 2. The van der Waals surface area contributed by atoms with E-state index in [-0.39, 0.29) is 31.0 Å². The van der Waals surface area contributed by atoms with Crippen molar-refractivity contribution < 1.29 is 71.1 Å². The molecule has 0 spiro atoms. The molecular formula is C2H5NaO8. The van der Waals surface area contributed by atoms with Crippen LogP contribution in [0.15, 0.2) is 0 Å². The monoisotopic (exact) mass is 180 g/mol. The molecule has 0 saturated heterocycles. The minimum atomic E-state index is -1.69. The topological polar surface area (TPSA) is 134 Å². The summed E-state index contributed by atoms with van der Waals surface area (Å²) in [6, 6.07) is 0. The fourth-order valence-electron chi connectivity index (χ4n) is 0. The van der Waals surface area contributed by atoms with Crippen molar-refractivity contribution in [2.24, 2.45) is 0 Å². The number of rotatable bonds is 0. The van der Waals surface area contributed by atoms with Crippen molar-refractivity contribution in [1.29, 1.82) is 0 Å². The van der Waals surface area contributed by atoms with Crippen LogP contribution >= 0.6 is 0 Å². The predicted octanol–water partition coefficient (Wildman–Crippen LogP) is -2.58. The molecule has 0 rings (SSSR count). The van der Waals surface area contributed by atoms with Gasteiger partial charge in [-0.25, -0.2) is 9.59 Å². The molecule has 0 radical (unpaired) electrons. The van der Waals surface area contributed by atoms with Gasteiger partial charge < -0.3 is 11.6 Å². The van der Waals surface area contributed by atoms with Crippen LogP contribution in [-0.2, 0) is 9.78 Å². The third-order valence-corrected chi connectivity index (χ3v) is 0.156. The normalized spacial score (nSPS) is 6.00. The van der Waals surface area contributed by atoms with Gasteiger partial charge in [-0.05, 0) is 0 Å². The Morgan fingerprint density at radius 3 is 1.09 bits per heavy atom. The van der Waals surface area contributed by atoms with Crippen LogP contribution in [0.4, 0.5) is 9.59 Å². The van der Waals surface area contributed by atoms with Crippen molar-refractivity contribution >= 4 is 12.3 Å². The van der Waals surface area contributed by atoms with Gasteiger partial charge in [0.05, 0.1) is 0 Å². The zero-order valence-electron chi connectivity index (χ0n) is 6.42. The Kier molecular flexibility index (Phi) is 18.6. The van der Waals surface area contributed by atoms with Crippen LogP contribution in [0.2, 0.25) is 0 Å². The smallest absolute Gasteiger partial charge is 1.00 e. The van der Waals surface area contributed by atoms with Gasteiger partial charge in [0.25, 0.3) is 0 Å². The van der Waals surface area contributed by atoms with Crippen molar-refractivity contribution in [3.05, 3.63) is 0 Å². The van der Waals surface area contributed by atoms with Crippen LogP contribution in [0.5, 0.6) is 0 Å². The van der Waals surface area contributed by atoms with Crippen molar-refractivity contribution in [3.63, 3.8) is 0 Å². The standard InChI is InChI=1S/2CH2O4.Na.H/c2*2-1(3)5-4;;/h2*4H,(H,2,3);;/q;;+1;-1. The summed E-state index contributed by atoms with van der Waals surface area (Å²) in [6.07, 6.45) is -3.38. The maximum atomic E-state index is 8.90. The summed E-state index contributed by atoms with van der Waals surface area (Å²) in [4.78, 5) is 23.1. The average molecular weight is 180 g/mol. The second-order valence-electron chi connectivity index (χ2n) is 0.714. The molecule has 0 bridgehead atoms. The summed E-state index contributed by atoms with van der Waals surface area (Å²) in [7, 11) is 0. The third kappa shape index (κ3) is 44.0. The van der Waals surface area contributed by atoms with E-state index < -0.39 is 12.3 Å². The van der Waals surface area contributed by atoms with E-state index in [4.69, 9.17) is 30.3 Å². The first kappa shape index (κ1) is 16.8. The first-order chi connectivity index (χ1) is 4.54. The summed E-state index contributed by atoms with van der Waals surface area (Å²) >= 11 is 0. The first-order valence-electron chi connectivity index (χ1n) is 1.63. The van der Waals surface area contributed by atoms with E-state index in [0.717, 1.165) is 0 Å². The SMILES string of the molecule is O=C(O)OO.O=C(O)OO.[H-].[Na+]. The molecule has 8 nitrogen and oxygen atoms in total. The van der Waals surface area contributed by atoms with E-state index in [1.54, 1.807) is 0 Å². The molecule has 0 atom stereocenters. The molecule has 0 heterocycles. The van der Waals surface area contributed by atoms with Gasteiger partial charge in [0.1, 0.15) is 0 Å². The summed E-state index contributed by atoms with van der Waals surface area (Å²) in [6.45, 7) is 0. The van der Waals surface area contributed by atoms with Crippen LogP contribution in [0.25, 0.3) is 0 Å². The Balaban J connectivity index is -0.0000000457. The first-order valence-corrected chi connectivity index (χ1v) is 1.63. The molecule has 0 aromatic rings. The van der Waals surface area contributed by atoms with Crippen molar-refractivity contribution in [2.75, 3.05) is 0 Å². The quantitative estimate of drug-likeness (QED) is 0.181. The van der Waals surface area contributed by atoms with E-state index in [0.29, 0.717) is 0 Å². The Labute approximate surface area is 83.6 Å². The molecular weight excluding hydrogens is 175 g/mol. The predicted molar refractivity (Wildman–Crippen MR) is 24.6 cm³/mol. The average Bonchev–Trinajstić information content (AvgIpc) is 1.89. The van der Waals surface area contributed by atoms with Crippen molar-refractivity contribution in [3.8, 4) is 0 Å². The Morgan fingerprint density at radius 2 is 1.09 bits per heavy atom. The van der Waals surface area contributed by atoms with Gasteiger partial charge in [-0.3, -0.25) is 9.78 Å². The zero-order chi connectivity index (χ0) is 8.57. The Morgan fingerprint density at radius 1 is 1.00 bits per heavy atom. The molecule has 0 fully saturated rings. The fourth-order valence-corrected chi connectivity index (χ4v) is 0. The zero-order valence-corrected chi connectivity index (χ0v) is 7.42. The van der Waals surface area contributed by atoms with Crippen LogP contribution in [0.3, 0.4) is 0 Å². The minimum Gasteiger partial charge on any atom is -1.00 e. The second kappa shape index (κ2) is 12.2. The van der Waals surface area contributed by atoms with E-state index in [9.17, 15) is 0 Å². The van der Waals surface area contributed by atoms with Crippen LogP contribution in [0, 0.1) is 0 Å². The molecule has 0 aliphatic carbocycles. The largest absolute Gasteiger partial charge is 1.00 e. The van der Waals surface area contributed by atoms with Gasteiger partial charge in [0.2, 0.25) is 0 Å². The Bertz CT molecular complexity index is 102.